The van der Waals surface area contributed by atoms with E-state index in [2.05, 4.69) is 51.8 Å². The summed E-state index contributed by atoms with van der Waals surface area (Å²) in [5, 5.41) is 7.92. The van der Waals surface area contributed by atoms with Gasteiger partial charge in [0.05, 0.1) is 11.7 Å². The summed E-state index contributed by atoms with van der Waals surface area (Å²) in [4.78, 5) is 0. The summed E-state index contributed by atoms with van der Waals surface area (Å²) in [7, 11) is 0. The van der Waals surface area contributed by atoms with E-state index in [1.54, 1.807) is 0 Å². The molecule has 96 valence electrons. The Morgan fingerprint density at radius 1 is 1.41 bits per heavy atom. The Morgan fingerprint density at radius 2 is 2.06 bits per heavy atom. The molecule has 17 heavy (non-hydrogen) atoms. The van der Waals surface area contributed by atoms with Gasteiger partial charge in [-0.2, -0.15) is 5.10 Å². The molecule has 0 amide bonds. The second-order valence-electron chi connectivity index (χ2n) is 5.94. The first-order valence-corrected chi connectivity index (χ1v) is 7.21. The molecule has 4 heteroatoms. The quantitative estimate of drug-likeness (QED) is 0.910. The van der Waals surface area contributed by atoms with Gasteiger partial charge in [0, 0.05) is 5.56 Å². The van der Waals surface area contributed by atoms with Crippen LogP contribution in [0.1, 0.15) is 39.2 Å². The fraction of sp³-hybridized carbons (Fsp3) is 0.769. The molecule has 1 fully saturated rings. The summed E-state index contributed by atoms with van der Waals surface area (Å²) < 4.78 is 3.23. The van der Waals surface area contributed by atoms with Gasteiger partial charge in [-0.1, -0.05) is 0 Å². The molecule has 1 aliphatic heterocycles. The van der Waals surface area contributed by atoms with Gasteiger partial charge in [0.2, 0.25) is 0 Å². The Kier molecular flexibility index (Phi) is 3.93. The van der Waals surface area contributed by atoms with Crippen LogP contribution in [0, 0.1) is 5.92 Å². The standard InChI is InChI=1S/C13H22BrN3/c1-13(2,3)17-12(14)11(9-16-17)8-10-4-6-15-7-5-10/h9-10,15H,4-8H2,1-3H3. The highest BCUT2D eigenvalue weighted by molar-refractivity contribution is 9.10. The minimum absolute atomic E-state index is 0.0468. The molecule has 3 nitrogen and oxygen atoms in total. The first kappa shape index (κ1) is 13.1. The third kappa shape index (κ3) is 3.10. The van der Waals surface area contributed by atoms with E-state index in [0.29, 0.717) is 0 Å². The molecule has 0 saturated carbocycles. The molecule has 1 aromatic heterocycles. The number of rotatable bonds is 2. The number of nitrogens with one attached hydrogen (secondary N) is 1. The van der Waals surface area contributed by atoms with Crippen molar-refractivity contribution >= 4 is 15.9 Å². The van der Waals surface area contributed by atoms with Crippen LogP contribution in [-0.4, -0.2) is 22.9 Å². The van der Waals surface area contributed by atoms with Crippen LogP contribution in [0.3, 0.4) is 0 Å². The summed E-state index contributed by atoms with van der Waals surface area (Å²) in [6.07, 6.45) is 5.75. The predicted octanol–water partition coefficient (Wildman–Crippen LogP) is 2.94. The Morgan fingerprint density at radius 3 is 2.59 bits per heavy atom. The van der Waals surface area contributed by atoms with Crippen molar-refractivity contribution in [2.24, 2.45) is 5.92 Å². The Labute approximate surface area is 112 Å². The third-order valence-corrected chi connectivity index (χ3v) is 4.23. The second-order valence-corrected chi connectivity index (χ2v) is 6.69. The number of hydrogen-bond acceptors (Lipinski definition) is 2. The lowest BCUT2D eigenvalue weighted by Gasteiger charge is -2.23. The van der Waals surface area contributed by atoms with Gasteiger partial charge in [0.15, 0.2) is 0 Å². The van der Waals surface area contributed by atoms with Crippen LogP contribution in [-0.2, 0) is 12.0 Å². The fourth-order valence-corrected chi connectivity index (χ4v) is 3.26. The van der Waals surface area contributed by atoms with E-state index in [1.165, 1.54) is 18.4 Å². The zero-order valence-electron chi connectivity index (χ0n) is 11.0. The average Bonchev–Trinajstić information content (AvgIpc) is 2.61. The van der Waals surface area contributed by atoms with E-state index < -0.39 is 0 Å². The molecule has 0 aliphatic carbocycles. The highest BCUT2D eigenvalue weighted by atomic mass is 79.9. The third-order valence-electron chi connectivity index (χ3n) is 3.38. The van der Waals surface area contributed by atoms with Crippen LogP contribution in [0.4, 0.5) is 0 Å². The number of aromatic nitrogens is 2. The number of nitrogens with zero attached hydrogens (tertiary/aromatic N) is 2. The Hall–Kier alpha value is -0.350. The average molecular weight is 300 g/mol. The largest absolute Gasteiger partial charge is 0.317 e. The van der Waals surface area contributed by atoms with Gasteiger partial charge in [-0.05, 0) is 75.0 Å². The molecule has 1 aromatic rings. The lowest BCUT2D eigenvalue weighted by Crippen LogP contribution is -2.28. The van der Waals surface area contributed by atoms with Crippen molar-refractivity contribution in [3.63, 3.8) is 0 Å². The van der Waals surface area contributed by atoms with Gasteiger partial charge >= 0.3 is 0 Å². The van der Waals surface area contributed by atoms with Crippen LogP contribution in [0.15, 0.2) is 10.8 Å². The van der Waals surface area contributed by atoms with Gasteiger partial charge in [-0.3, -0.25) is 4.68 Å². The summed E-state index contributed by atoms with van der Waals surface area (Å²) in [6, 6.07) is 0. The maximum Gasteiger partial charge on any atom is 0.107 e. The van der Waals surface area contributed by atoms with Crippen molar-refractivity contribution in [1.82, 2.24) is 15.1 Å². The van der Waals surface area contributed by atoms with Crippen LogP contribution in [0.2, 0.25) is 0 Å². The van der Waals surface area contributed by atoms with Gasteiger partial charge in [0.25, 0.3) is 0 Å². The minimum atomic E-state index is 0.0468. The molecule has 0 aromatic carbocycles. The normalized spacial score (nSPS) is 18.6. The summed E-state index contributed by atoms with van der Waals surface area (Å²) >= 11 is 3.70. The molecule has 1 N–H and O–H groups in total. The zero-order valence-corrected chi connectivity index (χ0v) is 12.5. The highest BCUT2D eigenvalue weighted by Gasteiger charge is 2.21. The van der Waals surface area contributed by atoms with Crippen LogP contribution >= 0.6 is 15.9 Å². The molecule has 2 heterocycles. The Bertz CT molecular complexity index is 373. The monoisotopic (exact) mass is 299 g/mol. The SMILES string of the molecule is CC(C)(C)n1ncc(CC2CCNCC2)c1Br. The summed E-state index contributed by atoms with van der Waals surface area (Å²) in [5.74, 6) is 0.810. The lowest BCUT2D eigenvalue weighted by atomic mass is 9.92. The lowest BCUT2D eigenvalue weighted by molar-refractivity contribution is 0.346. The van der Waals surface area contributed by atoms with Crippen LogP contribution in [0.5, 0.6) is 0 Å². The first-order valence-electron chi connectivity index (χ1n) is 6.42. The van der Waals surface area contributed by atoms with Crippen molar-refractivity contribution < 1.29 is 0 Å². The van der Waals surface area contributed by atoms with Gasteiger partial charge in [-0.25, -0.2) is 0 Å². The molecule has 0 unspecified atom stereocenters. The fourth-order valence-electron chi connectivity index (χ4n) is 2.37. The van der Waals surface area contributed by atoms with Gasteiger partial charge in [-0.15, -0.1) is 0 Å². The molecule has 2 rings (SSSR count). The molecule has 0 spiro atoms. The van der Waals surface area contributed by atoms with E-state index in [4.69, 9.17) is 0 Å². The zero-order chi connectivity index (χ0) is 12.5. The molecular weight excluding hydrogens is 278 g/mol. The highest BCUT2D eigenvalue weighted by Crippen LogP contribution is 2.27. The molecule has 0 radical (unpaired) electrons. The van der Waals surface area contributed by atoms with Crippen LogP contribution < -0.4 is 5.32 Å². The maximum absolute atomic E-state index is 4.51. The van der Waals surface area contributed by atoms with E-state index in [-0.39, 0.29) is 5.54 Å². The molecule has 0 atom stereocenters. The van der Waals surface area contributed by atoms with E-state index in [9.17, 15) is 0 Å². The van der Waals surface area contributed by atoms with Gasteiger partial charge in [0.1, 0.15) is 4.60 Å². The van der Waals surface area contributed by atoms with Crippen molar-refractivity contribution in [3.8, 4) is 0 Å². The topological polar surface area (TPSA) is 29.9 Å². The molecular formula is C13H22BrN3. The van der Waals surface area contributed by atoms with E-state index in [1.807, 2.05) is 6.20 Å². The Balaban J connectivity index is 2.09. The smallest absolute Gasteiger partial charge is 0.107 e. The van der Waals surface area contributed by atoms with E-state index in [0.717, 1.165) is 30.0 Å². The van der Waals surface area contributed by atoms with Crippen molar-refractivity contribution in [2.45, 2.75) is 45.6 Å². The van der Waals surface area contributed by atoms with Gasteiger partial charge < -0.3 is 5.32 Å². The predicted molar refractivity (Wildman–Crippen MR) is 74.2 cm³/mol. The van der Waals surface area contributed by atoms with Crippen molar-refractivity contribution in [1.29, 1.82) is 0 Å². The summed E-state index contributed by atoms with van der Waals surface area (Å²) in [5.41, 5.74) is 1.40. The number of halogens is 1. The van der Waals surface area contributed by atoms with Crippen molar-refractivity contribution in [3.05, 3.63) is 16.4 Å². The second kappa shape index (κ2) is 5.11. The number of piperidine rings is 1. The minimum Gasteiger partial charge on any atom is -0.317 e. The summed E-state index contributed by atoms with van der Waals surface area (Å²) in [6.45, 7) is 8.86. The van der Waals surface area contributed by atoms with E-state index >= 15 is 0 Å². The first-order chi connectivity index (χ1) is 7.98. The molecule has 1 saturated heterocycles. The van der Waals surface area contributed by atoms with Crippen LogP contribution in [0.25, 0.3) is 0 Å². The molecule has 1 aliphatic rings. The van der Waals surface area contributed by atoms with Crippen molar-refractivity contribution in [2.75, 3.05) is 13.1 Å². The number of hydrogen-bond donors (Lipinski definition) is 1. The maximum atomic E-state index is 4.51. The molecule has 0 bridgehead atoms.